The van der Waals surface area contributed by atoms with Crippen molar-refractivity contribution in [2.24, 2.45) is 0 Å². The van der Waals surface area contributed by atoms with E-state index in [9.17, 15) is 4.79 Å². The van der Waals surface area contributed by atoms with Crippen LogP contribution in [0.2, 0.25) is 0 Å². The van der Waals surface area contributed by atoms with Gasteiger partial charge in [0.1, 0.15) is 0 Å². The van der Waals surface area contributed by atoms with E-state index in [1.807, 2.05) is 50.2 Å². The van der Waals surface area contributed by atoms with E-state index >= 15 is 0 Å². The lowest BCUT2D eigenvalue weighted by molar-refractivity contribution is 1.50. The van der Waals surface area contributed by atoms with Gasteiger partial charge in [-0.1, -0.05) is 35.8 Å². The maximum absolute atomic E-state index is 12.4. The minimum absolute atomic E-state index is 0.0914. The first-order chi connectivity index (χ1) is 9.16. The highest BCUT2D eigenvalue weighted by Crippen LogP contribution is 2.30. The molecule has 1 aromatic heterocycles. The predicted molar refractivity (Wildman–Crippen MR) is 92.3 cm³/mol. The number of fused-ring (bicyclic) bond motifs is 2. The van der Waals surface area contributed by atoms with Crippen molar-refractivity contribution in [3.8, 4) is 0 Å². The van der Waals surface area contributed by atoms with Gasteiger partial charge < -0.3 is 0 Å². The summed E-state index contributed by atoms with van der Waals surface area (Å²) in [7, 11) is 0. The molecule has 4 heteroatoms. The second kappa shape index (κ2) is 6.16. The van der Waals surface area contributed by atoms with Crippen molar-refractivity contribution in [3.05, 3.63) is 55.6 Å². The van der Waals surface area contributed by atoms with Crippen molar-refractivity contribution in [1.29, 1.82) is 0 Å². The Morgan fingerprint density at radius 2 is 1.74 bits per heavy atom. The number of benzene rings is 2. The molecule has 1 nitrogen and oxygen atoms in total. The van der Waals surface area contributed by atoms with Crippen LogP contribution in [0, 0.1) is 0 Å². The third kappa shape index (κ3) is 2.76. The molecule has 0 N–H and O–H groups in total. The summed E-state index contributed by atoms with van der Waals surface area (Å²) in [5, 5.41) is 1.55. The summed E-state index contributed by atoms with van der Waals surface area (Å²) in [5.41, 5.74) is 0.0914. The van der Waals surface area contributed by atoms with Crippen LogP contribution in [-0.4, -0.2) is 0 Å². The van der Waals surface area contributed by atoms with E-state index in [4.69, 9.17) is 0 Å². The predicted octanol–water partition coefficient (Wildman–Crippen LogP) is 5.97. The lowest BCUT2D eigenvalue weighted by Crippen LogP contribution is -2.01. The highest BCUT2D eigenvalue weighted by Gasteiger charge is 2.08. The topological polar surface area (TPSA) is 17.1 Å². The van der Waals surface area contributed by atoms with Gasteiger partial charge in [-0.05, 0) is 46.3 Å². The van der Waals surface area contributed by atoms with E-state index in [0.29, 0.717) is 0 Å². The molecule has 0 spiro atoms. The monoisotopic (exact) mass is 398 g/mol. The summed E-state index contributed by atoms with van der Waals surface area (Å²) < 4.78 is 3.88. The summed E-state index contributed by atoms with van der Waals surface area (Å²) in [6.45, 7) is 4.00. The van der Waals surface area contributed by atoms with Crippen LogP contribution in [0.5, 0.6) is 0 Å². The first-order valence-corrected chi connectivity index (χ1v) is 8.37. The molecule has 2 aromatic carbocycles. The normalized spacial score (nSPS) is 10.3. The second-order valence-electron chi connectivity index (χ2n) is 3.68. The fourth-order valence-electron chi connectivity index (χ4n) is 1.83. The van der Waals surface area contributed by atoms with E-state index in [1.54, 1.807) is 11.3 Å². The van der Waals surface area contributed by atoms with Crippen LogP contribution < -0.4 is 5.43 Å². The molecule has 3 rings (SSSR count). The van der Waals surface area contributed by atoms with Gasteiger partial charge in [0.2, 0.25) is 0 Å². The molecule has 0 saturated heterocycles. The maximum atomic E-state index is 12.4. The van der Waals surface area contributed by atoms with Gasteiger partial charge in [0.25, 0.3) is 0 Å². The molecule has 0 saturated carbocycles. The van der Waals surface area contributed by atoms with Crippen molar-refractivity contribution in [3.63, 3.8) is 0 Å². The van der Waals surface area contributed by atoms with Crippen molar-refractivity contribution >= 4 is 63.4 Å². The average Bonchev–Trinajstić information content (AvgIpc) is 2.40. The Labute approximate surface area is 132 Å². The summed E-state index contributed by atoms with van der Waals surface area (Å²) in [5.74, 6) is 0. The van der Waals surface area contributed by atoms with Crippen molar-refractivity contribution in [2.75, 3.05) is 0 Å². The Hall–Kier alpha value is -0.710. The van der Waals surface area contributed by atoms with Gasteiger partial charge in [-0.15, -0.1) is 11.3 Å². The van der Waals surface area contributed by atoms with Gasteiger partial charge in [0, 0.05) is 23.7 Å². The van der Waals surface area contributed by atoms with Gasteiger partial charge in [-0.2, -0.15) is 0 Å². The van der Waals surface area contributed by atoms with Gasteiger partial charge in [-0.25, -0.2) is 0 Å². The molecular weight excluding hydrogens is 388 g/mol. The molecule has 0 radical (unpaired) electrons. The highest BCUT2D eigenvalue weighted by atomic mass is 79.9. The summed E-state index contributed by atoms with van der Waals surface area (Å²) in [4.78, 5) is 12.4. The average molecular weight is 400 g/mol. The van der Waals surface area contributed by atoms with Gasteiger partial charge in [0.15, 0.2) is 5.43 Å². The molecule has 0 amide bonds. The third-order valence-electron chi connectivity index (χ3n) is 2.61. The third-order valence-corrected chi connectivity index (χ3v) is 4.88. The van der Waals surface area contributed by atoms with Crippen LogP contribution in [0.3, 0.4) is 0 Å². The van der Waals surface area contributed by atoms with Gasteiger partial charge >= 0.3 is 0 Å². The van der Waals surface area contributed by atoms with E-state index in [-0.39, 0.29) is 5.43 Å². The lowest BCUT2D eigenvalue weighted by atomic mass is 10.2. The molecule has 0 bridgehead atoms. The molecule has 0 aliphatic heterocycles. The first-order valence-electron chi connectivity index (χ1n) is 5.97. The van der Waals surface area contributed by atoms with Crippen molar-refractivity contribution in [1.82, 2.24) is 0 Å². The van der Waals surface area contributed by atoms with Crippen LogP contribution in [-0.2, 0) is 0 Å². The largest absolute Gasteiger partial charge is 0.288 e. The molecule has 0 unspecified atom stereocenters. The zero-order valence-corrected chi connectivity index (χ0v) is 14.5. The van der Waals surface area contributed by atoms with Crippen LogP contribution in [0.1, 0.15) is 13.8 Å². The molecular formula is C15H12Br2OS. The fourth-order valence-corrected chi connectivity index (χ4v) is 4.17. The van der Waals surface area contributed by atoms with Crippen LogP contribution in [0.4, 0.5) is 0 Å². The Balaban J connectivity index is 0.000000637. The minimum Gasteiger partial charge on any atom is -0.288 e. The summed E-state index contributed by atoms with van der Waals surface area (Å²) >= 11 is 8.51. The molecule has 0 aliphatic carbocycles. The maximum Gasteiger partial charge on any atom is 0.197 e. The quantitative estimate of drug-likeness (QED) is 0.426. The standard InChI is InChI=1S/C13H6Br2OS.C2H6/c14-7-4-5-8-11(6-7)17-10-3-1-2-9(15)12(10)13(8)16;1-2/h1-6H;1-2H3. The number of halogens is 2. The van der Waals surface area contributed by atoms with E-state index in [2.05, 4.69) is 31.9 Å². The molecule has 0 aliphatic rings. The van der Waals surface area contributed by atoms with E-state index in [1.165, 1.54) is 0 Å². The molecule has 1 heterocycles. The Morgan fingerprint density at radius 3 is 2.47 bits per heavy atom. The van der Waals surface area contributed by atoms with Crippen molar-refractivity contribution in [2.45, 2.75) is 13.8 Å². The molecule has 0 atom stereocenters. The van der Waals surface area contributed by atoms with Crippen molar-refractivity contribution < 1.29 is 0 Å². The number of hydrogen-bond acceptors (Lipinski definition) is 2. The first kappa shape index (κ1) is 14.7. The minimum atomic E-state index is 0.0914. The van der Waals surface area contributed by atoms with Gasteiger partial charge in [-0.3, -0.25) is 4.79 Å². The van der Waals surface area contributed by atoms with Crippen LogP contribution in [0.15, 0.2) is 50.1 Å². The van der Waals surface area contributed by atoms with Gasteiger partial charge in [0.05, 0.1) is 5.39 Å². The Bertz CT molecular complexity index is 792. The molecule has 3 aromatic rings. The lowest BCUT2D eigenvalue weighted by Gasteiger charge is -2.02. The van der Waals surface area contributed by atoms with E-state index < -0.39 is 0 Å². The zero-order chi connectivity index (χ0) is 14.0. The highest BCUT2D eigenvalue weighted by molar-refractivity contribution is 9.11. The number of rotatable bonds is 0. The van der Waals surface area contributed by atoms with Crippen LogP contribution >= 0.6 is 43.2 Å². The summed E-state index contributed by atoms with van der Waals surface area (Å²) in [6, 6.07) is 11.6. The van der Waals surface area contributed by atoms with E-state index in [0.717, 1.165) is 29.1 Å². The SMILES string of the molecule is CC.O=c1c2ccc(Br)cc2sc2cccc(Br)c12. The second-order valence-corrected chi connectivity index (χ2v) is 6.54. The zero-order valence-electron chi connectivity index (χ0n) is 10.5. The Morgan fingerprint density at radius 1 is 1.00 bits per heavy atom. The summed E-state index contributed by atoms with van der Waals surface area (Å²) in [6.07, 6.45) is 0. The molecule has 0 fully saturated rings. The van der Waals surface area contributed by atoms with Crippen LogP contribution in [0.25, 0.3) is 20.2 Å². The fraction of sp³-hybridized carbons (Fsp3) is 0.133. The Kier molecular flexibility index (Phi) is 4.76. The molecule has 98 valence electrons. The number of hydrogen-bond donors (Lipinski definition) is 0. The molecule has 19 heavy (non-hydrogen) atoms. The smallest absolute Gasteiger partial charge is 0.197 e.